The molecule has 0 aliphatic heterocycles. The molecule has 0 aromatic heterocycles. The quantitative estimate of drug-likeness (QED) is 0.747. The maximum atomic E-state index is 3.74. The fraction of sp³-hybridized carbons (Fsp3) is 0.133. The molecule has 0 amide bonds. The van der Waals surface area contributed by atoms with Gasteiger partial charge >= 0.3 is 0 Å². The van der Waals surface area contributed by atoms with Crippen LogP contribution in [0.5, 0.6) is 0 Å². The summed E-state index contributed by atoms with van der Waals surface area (Å²) in [6.45, 7) is 1.05. The van der Waals surface area contributed by atoms with E-state index in [0.717, 1.165) is 13.0 Å². The summed E-state index contributed by atoms with van der Waals surface area (Å²) >= 11 is 0. The molecule has 0 unspecified atom stereocenters. The van der Waals surface area contributed by atoms with Crippen LogP contribution in [-0.2, 0) is 6.42 Å². The standard InChI is InChI=1S/C15H17N/c1-16-12-11-13-7-9-15(10-8-13)14-5-3-2-4-6-14/h2-10H,1,11-12,16H2. The highest BCUT2D eigenvalue weighted by Crippen LogP contribution is 2.19. The van der Waals surface area contributed by atoms with Gasteiger partial charge in [0.05, 0.1) is 6.54 Å². The van der Waals surface area contributed by atoms with Crippen molar-refractivity contribution in [2.75, 3.05) is 6.54 Å². The molecule has 2 rings (SSSR count). The van der Waals surface area contributed by atoms with Gasteiger partial charge in [-0.15, -0.1) is 0 Å². The molecule has 0 aliphatic carbocycles. The van der Waals surface area contributed by atoms with E-state index < -0.39 is 0 Å². The second kappa shape index (κ2) is 5.47. The van der Waals surface area contributed by atoms with Crippen LogP contribution in [-0.4, -0.2) is 6.54 Å². The van der Waals surface area contributed by atoms with E-state index in [4.69, 9.17) is 0 Å². The molecule has 2 aromatic rings. The van der Waals surface area contributed by atoms with E-state index in [-0.39, 0.29) is 0 Å². The van der Waals surface area contributed by atoms with E-state index in [1.165, 1.54) is 16.7 Å². The van der Waals surface area contributed by atoms with Crippen molar-refractivity contribution in [2.24, 2.45) is 0 Å². The molecule has 1 heteroatoms. The summed E-state index contributed by atoms with van der Waals surface area (Å²) in [6.07, 6.45) is 1.08. The fourth-order valence-electron chi connectivity index (χ4n) is 1.76. The van der Waals surface area contributed by atoms with Gasteiger partial charge in [0.1, 0.15) is 0 Å². The molecular formula is C15H17N. The Morgan fingerprint density at radius 1 is 0.812 bits per heavy atom. The van der Waals surface area contributed by atoms with E-state index in [9.17, 15) is 0 Å². The number of quaternary nitrogens is 1. The van der Waals surface area contributed by atoms with Crippen molar-refractivity contribution in [3.8, 4) is 11.1 Å². The number of benzene rings is 2. The lowest BCUT2D eigenvalue weighted by molar-refractivity contribution is -0.594. The lowest BCUT2D eigenvalue weighted by Crippen LogP contribution is -2.77. The minimum atomic E-state index is 1.05. The number of hydrogen-bond donors (Lipinski definition) is 1. The Hall–Kier alpha value is -1.60. The van der Waals surface area contributed by atoms with Crippen LogP contribution in [0.15, 0.2) is 54.6 Å². The van der Waals surface area contributed by atoms with Gasteiger partial charge in [0, 0.05) is 6.42 Å². The maximum Gasteiger partial charge on any atom is 0.0556 e. The lowest BCUT2D eigenvalue weighted by atomic mass is 10.0. The average Bonchev–Trinajstić information content (AvgIpc) is 2.38. The smallest absolute Gasteiger partial charge is 0.0556 e. The Balaban J connectivity index is 2.13. The summed E-state index contributed by atoms with van der Waals surface area (Å²) in [6, 6.07) is 19.2. The topological polar surface area (TPSA) is 16.6 Å². The monoisotopic (exact) mass is 211 g/mol. The first kappa shape index (κ1) is 10.9. The van der Waals surface area contributed by atoms with E-state index in [1.54, 1.807) is 0 Å². The Bertz CT molecular complexity index is 417. The molecule has 0 heterocycles. The van der Waals surface area contributed by atoms with Gasteiger partial charge in [-0.05, 0) is 16.7 Å². The molecule has 82 valence electrons. The van der Waals surface area contributed by atoms with Crippen LogP contribution in [0.2, 0.25) is 0 Å². The SMILES string of the molecule is [CH2-][NH2+]CCc1ccc(-c2ccccc2)cc1. The molecule has 0 fully saturated rings. The maximum absolute atomic E-state index is 3.74. The Labute approximate surface area is 97.1 Å². The lowest BCUT2D eigenvalue weighted by Gasteiger charge is -2.04. The second-order valence-electron chi connectivity index (χ2n) is 3.89. The molecule has 1 nitrogen and oxygen atoms in total. The number of rotatable bonds is 4. The highest BCUT2D eigenvalue weighted by Gasteiger charge is 1.97. The second-order valence-corrected chi connectivity index (χ2v) is 3.89. The minimum absolute atomic E-state index is 1.05. The third-order valence-electron chi connectivity index (χ3n) is 2.70. The zero-order chi connectivity index (χ0) is 11.2. The summed E-state index contributed by atoms with van der Waals surface area (Å²) in [7, 11) is 3.74. The van der Waals surface area contributed by atoms with Crippen LogP contribution in [0.25, 0.3) is 11.1 Å². The summed E-state index contributed by atoms with van der Waals surface area (Å²) in [5.74, 6) is 0. The third kappa shape index (κ3) is 2.71. The van der Waals surface area contributed by atoms with Crippen LogP contribution in [0.3, 0.4) is 0 Å². The molecule has 16 heavy (non-hydrogen) atoms. The fourth-order valence-corrected chi connectivity index (χ4v) is 1.76. The number of nitrogens with two attached hydrogens (primary N) is 1. The van der Waals surface area contributed by atoms with Gasteiger partial charge in [-0.2, -0.15) is 7.05 Å². The Morgan fingerprint density at radius 3 is 2.06 bits per heavy atom. The molecule has 0 radical (unpaired) electrons. The highest BCUT2D eigenvalue weighted by atomic mass is 14.8. The number of hydrogen-bond acceptors (Lipinski definition) is 0. The molecule has 0 spiro atoms. The summed E-state index contributed by atoms with van der Waals surface area (Å²) < 4.78 is 0. The van der Waals surface area contributed by atoms with Gasteiger partial charge in [0.2, 0.25) is 0 Å². The van der Waals surface area contributed by atoms with Crippen molar-refractivity contribution in [3.63, 3.8) is 0 Å². The third-order valence-corrected chi connectivity index (χ3v) is 2.70. The normalized spacial score (nSPS) is 10.3. The first-order chi connectivity index (χ1) is 7.90. The largest absolute Gasteiger partial charge is 0.479 e. The van der Waals surface area contributed by atoms with E-state index in [0.29, 0.717) is 0 Å². The molecule has 0 saturated carbocycles. The zero-order valence-corrected chi connectivity index (χ0v) is 9.39. The predicted molar refractivity (Wildman–Crippen MR) is 67.7 cm³/mol. The van der Waals surface area contributed by atoms with Crippen molar-refractivity contribution >= 4 is 0 Å². The molecular weight excluding hydrogens is 194 g/mol. The molecule has 0 bridgehead atoms. The molecule has 0 atom stereocenters. The van der Waals surface area contributed by atoms with Gasteiger partial charge in [-0.25, -0.2) is 0 Å². The van der Waals surface area contributed by atoms with Gasteiger partial charge in [0.15, 0.2) is 0 Å². The first-order valence-corrected chi connectivity index (χ1v) is 5.65. The molecule has 0 saturated heterocycles. The Morgan fingerprint density at radius 2 is 1.44 bits per heavy atom. The van der Waals surface area contributed by atoms with Gasteiger partial charge in [0.25, 0.3) is 0 Å². The van der Waals surface area contributed by atoms with Crippen LogP contribution in [0.1, 0.15) is 5.56 Å². The minimum Gasteiger partial charge on any atom is -0.479 e. The van der Waals surface area contributed by atoms with Crippen molar-refractivity contribution < 1.29 is 5.32 Å². The first-order valence-electron chi connectivity index (χ1n) is 5.65. The van der Waals surface area contributed by atoms with E-state index >= 15 is 0 Å². The van der Waals surface area contributed by atoms with Crippen LogP contribution >= 0.6 is 0 Å². The van der Waals surface area contributed by atoms with Crippen molar-refractivity contribution in [3.05, 3.63) is 67.2 Å². The van der Waals surface area contributed by atoms with Gasteiger partial charge in [-0.1, -0.05) is 54.6 Å². The van der Waals surface area contributed by atoms with Crippen LogP contribution in [0.4, 0.5) is 0 Å². The van der Waals surface area contributed by atoms with E-state index in [1.807, 2.05) is 11.4 Å². The zero-order valence-electron chi connectivity index (χ0n) is 9.39. The Kier molecular flexibility index (Phi) is 3.73. The van der Waals surface area contributed by atoms with Gasteiger partial charge in [-0.3, -0.25) is 0 Å². The van der Waals surface area contributed by atoms with Crippen molar-refractivity contribution in [1.82, 2.24) is 0 Å². The summed E-state index contributed by atoms with van der Waals surface area (Å²) in [4.78, 5) is 0. The van der Waals surface area contributed by atoms with Gasteiger partial charge < -0.3 is 5.32 Å². The summed E-state index contributed by atoms with van der Waals surface area (Å²) in [5.41, 5.74) is 3.93. The molecule has 2 N–H and O–H groups in total. The summed E-state index contributed by atoms with van der Waals surface area (Å²) in [5, 5.41) is 1.96. The highest BCUT2D eigenvalue weighted by molar-refractivity contribution is 5.63. The van der Waals surface area contributed by atoms with Crippen LogP contribution in [0, 0.1) is 7.05 Å². The van der Waals surface area contributed by atoms with Crippen molar-refractivity contribution in [2.45, 2.75) is 6.42 Å². The van der Waals surface area contributed by atoms with Crippen molar-refractivity contribution in [1.29, 1.82) is 0 Å². The van der Waals surface area contributed by atoms with E-state index in [2.05, 4.69) is 55.6 Å². The molecule has 2 aromatic carbocycles. The average molecular weight is 211 g/mol. The predicted octanol–water partition coefficient (Wildman–Crippen LogP) is 2.25. The molecule has 0 aliphatic rings. The van der Waals surface area contributed by atoms with Crippen LogP contribution < -0.4 is 5.32 Å².